The van der Waals surface area contributed by atoms with E-state index in [9.17, 15) is 0 Å². The molecule has 1 atom stereocenters. The van der Waals surface area contributed by atoms with Gasteiger partial charge in [-0.1, -0.05) is 31.9 Å². The van der Waals surface area contributed by atoms with E-state index in [1.165, 1.54) is 6.42 Å². The number of benzene rings is 1. The van der Waals surface area contributed by atoms with Crippen molar-refractivity contribution in [2.75, 3.05) is 20.8 Å². The Morgan fingerprint density at radius 1 is 1.28 bits per heavy atom. The summed E-state index contributed by atoms with van der Waals surface area (Å²) >= 11 is 6.15. The number of nitrogens with one attached hydrogen (secondary N) is 1. The lowest BCUT2D eigenvalue weighted by Gasteiger charge is -2.13. The van der Waals surface area contributed by atoms with Crippen LogP contribution in [0.4, 0.5) is 0 Å². The van der Waals surface area contributed by atoms with Crippen molar-refractivity contribution >= 4 is 11.6 Å². The fourth-order valence-electron chi connectivity index (χ4n) is 1.68. The van der Waals surface area contributed by atoms with E-state index in [0.29, 0.717) is 22.4 Å². The molecule has 0 amide bonds. The minimum atomic E-state index is 0.581. The van der Waals surface area contributed by atoms with Crippen molar-refractivity contribution in [3.05, 3.63) is 22.7 Å². The molecule has 1 aromatic carbocycles. The zero-order chi connectivity index (χ0) is 13.5. The van der Waals surface area contributed by atoms with Crippen molar-refractivity contribution in [1.29, 1.82) is 0 Å². The lowest BCUT2D eigenvalue weighted by atomic mass is 10.1. The summed E-state index contributed by atoms with van der Waals surface area (Å²) in [5, 5.41) is 3.99. The summed E-state index contributed by atoms with van der Waals surface area (Å²) in [5.74, 6) is 1.94. The summed E-state index contributed by atoms with van der Waals surface area (Å²) in [6.07, 6.45) is 1.18. The molecule has 1 aromatic rings. The van der Waals surface area contributed by atoms with E-state index in [4.69, 9.17) is 21.1 Å². The summed E-state index contributed by atoms with van der Waals surface area (Å²) in [6.45, 7) is 6.21. The largest absolute Gasteiger partial charge is 0.493 e. The standard InChI is InChI=1S/C14H22ClNO2/c1-5-10(2)8-16-9-11-6-12(15)14(18-4)13(7-11)17-3/h6-7,10,16H,5,8-9H2,1-4H3. The molecule has 3 nitrogen and oxygen atoms in total. The van der Waals surface area contributed by atoms with Crippen LogP contribution in [0.1, 0.15) is 25.8 Å². The van der Waals surface area contributed by atoms with Gasteiger partial charge in [-0.3, -0.25) is 0 Å². The van der Waals surface area contributed by atoms with Crippen molar-refractivity contribution < 1.29 is 9.47 Å². The Balaban J connectivity index is 2.69. The first-order chi connectivity index (χ1) is 8.62. The second-order valence-electron chi connectivity index (χ2n) is 4.46. The fourth-order valence-corrected chi connectivity index (χ4v) is 1.99. The Morgan fingerprint density at radius 2 is 2.00 bits per heavy atom. The third-order valence-corrected chi connectivity index (χ3v) is 3.29. The van der Waals surface area contributed by atoms with Crippen molar-refractivity contribution in [3.63, 3.8) is 0 Å². The Labute approximate surface area is 114 Å². The van der Waals surface area contributed by atoms with Crippen LogP contribution >= 0.6 is 11.6 Å². The highest BCUT2D eigenvalue weighted by Crippen LogP contribution is 2.35. The molecule has 1 rings (SSSR count). The Bertz CT molecular complexity index is 382. The predicted molar refractivity (Wildman–Crippen MR) is 75.7 cm³/mol. The van der Waals surface area contributed by atoms with E-state index in [2.05, 4.69) is 19.2 Å². The van der Waals surface area contributed by atoms with Crippen molar-refractivity contribution in [1.82, 2.24) is 5.32 Å². The molecule has 0 saturated heterocycles. The van der Waals surface area contributed by atoms with Crippen molar-refractivity contribution in [3.8, 4) is 11.5 Å². The first-order valence-corrected chi connectivity index (χ1v) is 6.61. The summed E-state index contributed by atoms with van der Waals surface area (Å²) < 4.78 is 10.5. The molecule has 0 aliphatic carbocycles. The molecular formula is C14H22ClNO2. The number of methoxy groups -OCH3 is 2. The van der Waals surface area contributed by atoms with Gasteiger partial charge < -0.3 is 14.8 Å². The summed E-state index contributed by atoms with van der Waals surface area (Å²) in [6, 6.07) is 3.86. The van der Waals surface area contributed by atoms with E-state index >= 15 is 0 Å². The van der Waals surface area contributed by atoms with Crippen molar-refractivity contribution in [2.24, 2.45) is 5.92 Å². The topological polar surface area (TPSA) is 30.5 Å². The van der Waals surface area contributed by atoms with E-state index < -0.39 is 0 Å². The van der Waals surface area contributed by atoms with Gasteiger partial charge in [-0.05, 0) is 30.2 Å². The van der Waals surface area contributed by atoms with Gasteiger partial charge in [-0.15, -0.1) is 0 Å². The summed E-state index contributed by atoms with van der Waals surface area (Å²) in [5.41, 5.74) is 1.10. The minimum Gasteiger partial charge on any atom is -0.493 e. The quantitative estimate of drug-likeness (QED) is 0.823. The van der Waals surface area contributed by atoms with E-state index in [-0.39, 0.29) is 0 Å². The van der Waals surface area contributed by atoms with Gasteiger partial charge in [0, 0.05) is 6.54 Å². The number of hydrogen-bond acceptors (Lipinski definition) is 3. The SMILES string of the molecule is CCC(C)CNCc1cc(Cl)c(OC)c(OC)c1. The highest BCUT2D eigenvalue weighted by Gasteiger charge is 2.10. The molecule has 0 fully saturated rings. The van der Waals surface area contributed by atoms with Gasteiger partial charge in [0.1, 0.15) is 0 Å². The van der Waals surface area contributed by atoms with Gasteiger partial charge in [-0.2, -0.15) is 0 Å². The van der Waals surface area contributed by atoms with Crippen LogP contribution in [-0.2, 0) is 6.54 Å². The van der Waals surface area contributed by atoms with Gasteiger partial charge in [0.05, 0.1) is 19.2 Å². The number of rotatable bonds is 7. The molecule has 1 unspecified atom stereocenters. The van der Waals surface area contributed by atoms with Gasteiger partial charge in [-0.25, -0.2) is 0 Å². The molecule has 0 heterocycles. The molecule has 102 valence electrons. The molecule has 0 aliphatic rings. The molecule has 0 aliphatic heterocycles. The highest BCUT2D eigenvalue weighted by atomic mass is 35.5. The predicted octanol–water partition coefficient (Wildman–Crippen LogP) is 3.49. The molecule has 0 saturated carbocycles. The van der Waals surface area contributed by atoms with Crippen LogP contribution in [0.15, 0.2) is 12.1 Å². The van der Waals surface area contributed by atoms with Crippen LogP contribution in [-0.4, -0.2) is 20.8 Å². The molecule has 0 bridgehead atoms. The van der Waals surface area contributed by atoms with Crippen LogP contribution in [0, 0.1) is 5.92 Å². The molecule has 4 heteroatoms. The Hall–Kier alpha value is -0.930. The third kappa shape index (κ3) is 4.07. The minimum absolute atomic E-state index is 0.581. The lowest BCUT2D eigenvalue weighted by Crippen LogP contribution is -2.20. The number of halogens is 1. The maximum Gasteiger partial charge on any atom is 0.179 e. The maximum atomic E-state index is 6.15. The summed E-state index contributed by atoms with van der Waals surface area (Å²) in [4.78, 5) is 0. The average Bonchev–Trinajstić information content (AvgIpc) is 2.37. The van der Waals surface area contributed by atoms with E-state index in [1.54, 1.807) is 14.2 Å². The molecule has 0 spiro atoms. The number of ether oxygens (including phenoxy) is 2. The van der Waals surface area contributed by atoms with E-state index in [0.717, 1.165) is 18.7 Å². The Morgan fingerprint density at radius 3 is 2.56 bits per heavy atom. The first-order valence-electron chi connectivity index (χ1n) is 6.23. The zero-order valence-corrected chi connectivity index (χ0v) is 12.3. The fraction of sp³-hybridized carbons (Fsp3) is 0.571. The smallest absolute Gasteiger partial charge is 0.179 e. The lowest BCUT2D eigenvalue weighted by molar-refractivity contribution is 0.354. The van der Waals surface area contributed by atoms with Gasteiger partial charge in [0.2, 0.25) is 0 Å². The second kappa shape index (κ2) is 7.49. The van der Waals surface area contributed by atoms with Gasteiger partial charge in [0.25, 0.3) is 0 Å². The van der Waals surface area contributed by atoms with Gasteiger partial charge >= 0.3 is 0 Å². The van der Waals surface area contributed by atoms with Gasteiger partial charge in [0.15, 0.2) is 11.5 Å². The van der Waals surface area contributed by atoms with Crippen LogP contribution < -0.4 is 14.8 Å². The van der Waals surface area contributed by atoms with Crippen LogP contribution in [0.3, 0.4) is 0 Å². The molecular weight excluding hydrogens is 250 g/mol. The monoisotopic (exact) mass is 271 g/mol. The summed E-state index contributed by atoms with van der Waals surface area (Å²) in [7, 11) is 3.20. The second-order valence-corrected chi connectivity index (χ2v) is 4.86. The average molecular weight is 272 g/mol. The third-order valence-electron chi connectivity index (χ3n) is 3.01. The first kappa shape index (κ1) is 15.1. The molecule has 1 N–H and O–H groups in total. The normalized spacial score (nSPS) is 12.3. The number of hydrogen-bond donors (Lipinski definition) is 1. The zero-order valence-electron chi connectivity index (χ0n) is 11.5. The Kier molecular flexibility index (Phi) is 6.30. The van der Waals surface area contributed by atoms with Crippen LogP contribution in [0.25, 0.3) is 0 Å². The van der Waals surface area contributed by atoms with Crippen molar-refractivity contribution in [2.45, 2.75) is 26.8 Å². The highest BCUT2D eigenvalue weighted by molar-refractivity contribution is 6.32. The van der Waals surface area contributed by atoms with Crippen LogP contribution in [0.5, 0.6) is 11.5 Å². The molecule has 0 radical (unpaired) electrons. The van der Waals surface area contributed by atoms with Crippen LogP contribution in [0.2, 0.25) is 5.02 Å². The molecule has 18 heavy (non-hydrogen) atoms. The molecule has 0 aromatic heterocycles. The van der Waals surface area contributed by atoms with E-state index in [1.807, 2.05) is 12.1 Å². The maximum absolute atomic E-state index is 6.15.